The van der Waals surface area contributed by atoms with Crippen LogP contribution in [0.3, 0.4) is 0 Å². The van der Waals surface area contributed by atoms with Gasteiger partial charge in [-0.2, -0.15) is 0 Å². The van der Waals surface area contributed by atoms with E-state index < -0.39 is 11.9 Å². The zero-order valence-corrected chi connectivity index (χ0v) is 25.0. The molecule has 8 nitrogen and oxygen atoms in total. The Balaban J connectivity index is 1.49. The molecule has 204 valence electrons. The number of Topliss-reactive ketones (excluding diaryl/α,β-unsaturated/α-hetero) is 2. The molecule has 0 saturated heterocycles. The van der Waals surface area contributed by atoms with E-state index in [-0.39, 0.29) is 66.3 Å². The normalized spacial score (nSPS) is 11.1. The summed E-state index contributed by atoms with van der Waals surface area (Å²) in [4.78, 5) is 46.5. The number of methoxy groups -OCH3 is 2. The van der Waals surface area contributed by atoms with Crippen molar-refractivity contribution in [2.24, 2.45) is 0 Å². The third kappa shape index (κ3) is 7.08. The molecule has 2 N–H and O–H groups in total. The van der Waals surface area contributed by atoms with Gasteiger partial charge in [-0.25, -0.2) is 0 Å². The van der Waals surface area contributed by atoms with Crippen LogP contribution in [0.5, 0.6) is 11.5 Å². The van der Waals surface area contributed by atoms with E-state index in [1.54, 1.807) is 14.2 Å². The Morgan fingerprint density at radius 2 is 1.05 bits per heavy atom. The molecule has 39 heavy (non-hydrogen) atoms. The van der Waals surface area contributed by atoms with Gasteiger partial charge in [-0.15, -0.1) is 0 Å². The first kappa shape index (κ1) is 28.8. The maximum atomic E-state index is 12.4. The number of aryl methyl sites for hydroxylation is 2. The summed E-state index contributed by atoms with van der Waals surface area (Å²) in [7, 11) is 3.26. The minimum absolute atomic E-state index is 0.0117. The van der Waals surface area contributed by atoms with Crippen molar-refractivity contribution in [1.29, 1.82) is 0 Å². The number of carboxylic acids is 2. The third-order valence-electron chi connectivity index (χ3n) is 6.41. The van der Waals surface area contributed by atoms with Crippen molar-refractivity contribution in [2.45, 2.75) is 44.9 Å². The van der Waals surface area contributed by atoms with Crippen LogP contribution in [0.4, 0.5) is 0 Å². The summed E-state index contributed by atoms with van der Waals surface area (Å²) in [6.45, 7) is 0. The Hall–Kier alpha value is -3.16. The van der Waals surface area contributed by atoms with Crippen molar-refractivity contribution < 1.29 is 38.9 Å². The van der Waals surface area contributed by atoms with Gasteiger partial charge in [0.05, 0.1) is 0 Å². The molecule has 2 aromatic carbocycles. The zero-order valence-electron chi connectivity index (χ0n) is 21.6. The molecule has 2 aromatic heterocycles. The molecule has 0 bridgehead atoms. The van der Waals surface area contributed by atoms with E-state index in [9.17, 15) is 19.2 Å². The van der Waals surface area contributed by atoms with Crippen molar-refractivity contribution in [3.8, 4) is 11.5 Å². The predicted molar refractivity (Wildman–Crippen MR) is 149 cm³/mol. The number of benzene rings is 2. The predicted octanol–water partition coefficient (Wildman–Crippen LogP) is 4.39. The van der Waals surface area contributed by atoms with E-state index >= 15 is 0 Å². The summed E-state index contributed by atoms with van der Waals surface area (Å²) in [5, 5.41) is 19.7. The SMILES string of the molecule is COc1cc2[se]c(C(=O)CCC(=O)O)cc2cc1CCCc1cc2cc(C(=O)CCC(=O)O)[se]c2cc1OC. The molecule has 0 aliphatic heterocycles. The van der Waals surface area contributed by atoms with Gasteiger partial charge in [0.25, 0.3) is 0 Å². The molecule has 0 radical (unpaired) electrons. The minimum atomic E-state index is -0.974. The fourth-order valence-corrected chi connectivity index (χ4v) is 8.80. The summed E-state index contributed by atoms with van der Waals surface area (Å²) < 4.78 is 14.8. The monoisotopic (exact) mass is 664 g/mol. The average Bonchev–Trinajstić information content (AvgIpc) is 3.52. The first-order chi connectivity index (χ1) is 18.7. The summed E-state index contributed by atoms with van der Waals surface area (Å²) in [5.41, 5.74) is 2.08. The van der Waals surface area contributed by atoms with Crippen molar-refractivity contribution in [3.63, 3.8) is 0 Å². The first-order valence-corrected chi connectivity index (χ1v) is 15.8. The first-order valence-electron chi connectivity index (χ1n) is 12.4. The van der Waals surface area contributed by atoms with E-state index in [0.29, 0.717) is 8.87 Å². The molecule has 0 aliphatic rings. The van der Waals surface area contributed by atoms with Gasteiger partial charge in [-0.3, -0.25) is 0 Å². The number of ketones is 2. The van der Waals surface area contributed by atoms with Gasteiger partial charge in [-0.1, -0.05) is 0 Å². The molecular weight excluding hydrogens is 634 g/mol. The Bertz CT molecular complexity index is 1450. The van der Waals surface area contributed by atoms with Gasteiger partial charge in [0.2, 0.25) is 0 Å². The van der Waals surface area contributed by atoms with Crippen LogP contribution >= 0.6 is 0 Å². The summed E-state index contributed by atoms with van der Waals surface area (Å²) in [6.07, 6.45) is 2.01. The summed E-state index contributed by atoms with van der Waals surface area (Å²) >= 11 is -0.339. The van der Waals surface area contributed by atoms with Crippen LogP contribution in [0.15, 0.2) is 36.4 Å². The average molecular weight is 662 g/mol. The zero-order chi connectivity index (χ0) is 28.1. The van der Waals surface area contributed by atoms with Crippen LogP contribution in [0.1, 0.15) is 61.7 Å². The van der Waals surface area contributed by atoms with E-state index in [1.165, 1.54) is 0 Å². The van der Waals surface area contributed by atoms with Gasteiger partial charge < -0.3 is 0 Å². The second-order valence-electron chi connectivity index (χ2n) is 9.11. The quantitative estimate of drug-likeness (QED) is 0.150. The molecule has 0 aliphatic carbocycles. The topological polar surface area (TPSA) is 127 Å². The number of aliphatic carboxylic acids is 2. The van der Waals surface area contributed by atoms with Crippen molar-refractivity contribution in [3.05, 3.63) is 56.4 Å². The fraction of sp³-hybridized carbons (Fsp3) is 0.310. The number of carbonyl (C=O) groups is 4. The molecule has 4 rings (SSSR count). The van der Waals surface area contributed by atoms with E-state index in [0.717, 1.165) is 61.2 Å². The molecule has 0 spiro atoms. The molecule has 10 heteroatoms. The van der Waals surface area contributed by atoms with E-state index in [1.807, 2.05) is 24.3 Å². The number of ether oxygens (including phenoxy) is 2. The molecule has 0 unspecified atom stereocenters. The van der Waals surface area contributed by atoms with Crippen LogP contribution in [0.25, 0.3) is 19.3 Å². The van der Waals surface area contributed by atoms with Crippen LogP contribution in [0.2, 0.25) is 0 Å². The van der Waals surface area contributed by atoms with Crippen molar-refractivity contribution in [2.75, 3.05) is 14.2 Å². The Kier molecular flexibility index (Phi) is 9.46. The van der Waals surface area contributed by atoms with Crippen LogP contribution in [-0.2, 0) is 22.4 Å². The number of hydrogen-bond acceptors (Lipinski definition) is 6. The van der Waals surface area contributed by atoms with Gasteiger partial charge in [0.1, 0.15) is 0 Å². The van der Waals surface area contributed by atoms with Gasteiger partial charge in [-0.05, 0) is 0 Å². The molecule has 0 fully saturated rings. The molecule has 4 aromatic rings. The molecule has 0 saturated carbocycles. The van der Waals surface area contributed by atoms with Crippen molar-refractivity contribution >= 4 is 71.8 Å². The van der Waals surface area contributed by atoms with Gasteiger partial charge in [0, 0.05) is 0 Å². The maximum absolute atomic E-state index is 12.4. The summed E-state index contributed by atoms with van der Waals surface area (Å²) in [5.74, 6) is -0.617. The number of carboxylic acid groups (broad SMARTS) is 2. The molecule has 0 amide bonds. The van der Waals surface area contributed by atoms with E-state index in [2.05, 4.69) is 12.1 Å². The van der Waals surface area contributed by atoms with E-state index in [4.69, 9.17) is 19.7 Å². The Morgan fingerprint density at radius 1 is 0.641 bits per heavy atom. The van der Waals surface area contributed by atoms with Crippen LogP contribution in [0, 0.1) is 0 Å². The number of hydrogen-bond donors (Lipinski definition) is 2. The second kappa shape index (κ2) is 12.8. The number of carbonyl (C=O) groups excluding carboxylic acids is 2. The number of fused-ring (bicyclic) bond motifs is 2. The third-order valence-corrected chi connectivity index (χ3v) is 11.2. The molecular formula is C29H28O8Se2. The van der Waals surface area contributed by atoms with Gasteiger partial charge >= 0.3 is 238 Å². The van der Waals surface area contributed by atoms with Crippen LogP contribution in [-0.4, -0.2) is 76.9 Å². The molecule has 2 heterocycles. The van der Waals surface area contributed by atoms with Crippen molar-refractivity contribution in [1.82, 2.24) is 0 Å². The fourth-order valence-electron chi connectivity index (χ4n) is 4.43. The molecule has 0 atom stereocenters. The second-order valence-corrected chi connectivity index (χ2v) is 13.7. The summed E-state index contributed by atoms with van der Waals surface area (Å²) in [6, 6.07) is 11.9. The van der Waals surface area contributed by atoms with Crippen LogP contribution < -0.4 is 9.47 Å². The van der Waals surface area contributed by atoms with Gasteiger partial charge in [0.15, 0.2) is 0 Å². The standard InChI is InChI=1S/C29H28O8Se2/c1-36-22-14-24-18(12-26(38-24)20(30)6-8-28(32)33)10-16(22)4-3-5-17-11-19-13-27(21(31)7-9-29(34)35)39-25(19)15-23(17)37-2/h10-15H,3-9H2,1-2H3,(H,32,33)(H,34,35). The Morgan fingerprint density at radius 3 is 1.41 bits per heavy atom. The number of rotatable bonds is 14. The Labute approximate surface area is 237 Å².